The fourth-order valence-corrected chi connectivity index (χ4v) is 4.47. The number of nitrogens with zero attached hydrogens (tertiary/aromatic N) is 1. The molecule has 3 aromatic rings. The summed E-state index contributed by atoms with van der Waals surface area (Å²) in [6.45, 7) is 0.615. The van der Waals surface area contributed by atoms with E-state index in [1.165, 1.54) is 4.31 Å². The van der Waals surface area contributed by atoms with Crippen LogP contribution in [0.3, 0.4) is 0 Å². The van der Waals surface area contributed by atoms with Crippen molar-refractivity contribution in [3.05, 3.63) is 97.9 Å². The number of carbonyl (C=O) groups is 1. The topological polar surface area (TPSA) is 66.5 Å². The Kier molecular flexibility index (Phi) is 8.22. The minimum absolute atomic E-state index is 0.120. The maximum absolute atomic E-state index is 12.4. The first-order valence-electron chi connectivity index (χ1n) is 9.68. The summed E-state index contributed by atoms with van der Waals surface area (Å²) in [7, 11) is -3.54. The Morgan fingerprint density at radius 2 is 1.59 bits per heavy atom. The molecule has 0 saturated heterocycles. The van der Waals surface area contributed by atoms with E-state index >= 15 is 0 Å². The van der Waals surface area contributed by atoms with E-state index in [9.17, 15) is 13.2 Å². The van der Waals surface area contributed by atoms with Gasteiger partial charge < -0.3 is 5.32 Å². The van der Waals surface area contributed by atoms with Gasteiger partial charge in [0.05, 0.1) is 23.5 Å². The van der Waals surface area contributed by atoms with E-state index in [4.69, 9.17) is 23.2 Å². The predicted molar refractivity (Wildman–Crippen MR) is 134 cm³/mol. The highest BCUT2D eigenvalue weighted by molar-refractivity contribution is 9.10. The molecule has 32 heavy (non-hydrogen) atoms. The van der Waals surface area contributed by atoms with Crippen molar-refractivity contribution >= 4 is 60.7 Å². The van der Waals surface area contributed by atoms with Crippen molar-refractivity contribution in [1.82, 2.24) is 5.32 Å². The lowest BCUT2D eigenvalue weighted by atomic mass is 10.1. The van der Waals surface area contributed by atoms with Gasteiger partial charge in [0.15, 0.2) is 0 Å². The van der Waals surface area contributed by atoms with Gasteiger partial charge in [0.25, 0.3) is 5.91 Å². The van der Waals surface area contributed by atoms with E-state index in [1.807, 2.05) is 24.3 Å². The molecule has 168 valence electrons. The molecule has 0 spiro atoms. The molecule has 1 N–H and O–H groups in total. The normalized spacial score (nSPS) is 11.2. The molecular formula is C23H21BrCl2N2O3S. The van der Waals surface area contributed by atoms with Crippen molar-refractivity contribution in [2.75, 3.05) is 17.1 Å². The number of anilines is 1. The fraction of sp³-hybridized carbons (Fsp3) is 0.174. The fourth-order valence-electron chi connectivity index (χ4n) is 3.04. The van der Waals surface area contributed by atoms with Crippen LogP contribution >= 0.6 is 39.1 Å². The molecule has 0 aromatic heterocycles. The average molecular weight is 556 g/mol. The van der Waals surface area contributed by atoms with Crippen molar-refractivity contribution in [2.45, 2.75) is 13.0 Å². The number of hydrogen-bond donors (Lipinski definition) is 1. The van der Waals surface area contributed by atoms with Gasteiger partial charge in [0, 0.05) is 21.6 Å². The van der Waals surface area contributed by atoms with Gasteiger partial charge in [0.1, 0.15) is 0 Å². The second kappa shape index (κ2) is 10.7. The standard InChI is InChI=1S/C23H21BrCl2N2O3S/c1-32(30,31)28(20-10-11-21(24)22(26)14-20)15-17-2-6-18(7-3-17)23(29)27-13-12-16-4-8-19(25)9-5-16/h2-11,14H,12-13,15H2,1H3,(H,27,29). The molecule has 0 aliphatic carbocycles. The van der Waals surface area contributed by atoms with Crippen LogP contribution in [0.15, 0.2) is 71.2 Å². The smallest absolute Gasteiger partial charge is 0.251 e. The lowest BCUT2D eigenvalue weighted by molar-refractivity contribution is 0.0954. The molecule has 1 amide bonds. The Bertz CT molecular complexity index is 1200. The molecule has 0 bridgehead atoms. The lowest BCUT2D eigenvalue weighted by Gasteiger charge is -2.23. The number of halogens is 3. The highest BCUT2D eigenvalue weighted by Crippen LogP contribution is 2.29. The zero-order chi connectivity index (χ0) is 23.3. The van der Waals surface area contributed by atoms with Gasteiger partial charge in [-0.3, -0.25) is 9.10 Å². The van der Waals surface area contributed by atoms with Crippen molar-refractivity contribution < 1.29 is 13.2 Å². The zero-order valence-corrected chi connectivity index (χ0v) is 21.1. The molecule has 0 aliphatic heterocycles. The Hall–Kier alpha value is -2.06. The molecule has 3 aromatic carbocycles. The molecule has 0 atom stereocenters. The van der Waals surface area contributed by atoms with Gasteiger partial charge in [-0.1, -0.05) is 47.5 Å². The van der Waals surface area contributed by atoms with Gasteiger partial charge in [0.2, 0.25) is 10.0 Å². The second-order valence-corrected chi connectivity index (χ2v) is 10.8. The Labute approximate surface area is 206 Å². The third-order valence-corrected chi connectivity index (χ3v) is 7.37. The molecule has 3 rings (SSSR count). The number of sulfonamides is 1. The molecule has 5 nitrogen and oxygen atoms in total. The summed E-state index contributed by atoms with van der Waals surface area (Å²) in [6.07, 6.45) is 1.84. The van der Waals surface area contributed by atoms with Gasteiger partial charge in [-0.15, -0.1) is 0 Å². The second-order valence-electron chi connectivity index (χ2n) is 7.20. The maximum atomic E-state index is 12.4. The van der Waals surface area contributed by atoms with Crippen LogP contribution in [0.5, 0.6) is 0 Å². The van der Waals surface area contributed by atoms with Crippen LogP contribution in [0.4, 0.5) is 5.69 Å². The zero-order valence-electron chi connectivity index (χ0n) is 17.2. The number of amides is 1. The van der Waals surface area contributed by atoms with E-state index in [1.54, 1.807) is 42.5 Å². The van der Waals surface area contributed by atoms with Crippen LogP contribution in [-0.2, 0) is 23.0 Å². The van der Waals surface area contributed by atoms with Crippen molar-refractivity contribution in [1.29, 1.82) is 0 Å². The number of nitrogens with one attached hydrogen (secondary N) is 1. The summed E-state index contributed by atoms with van der Waals surface area (Å²) in [5.74, 6) is -0.190. The Morgan fingerprint density at radius 3 is 2.19 bits per heavy atom. The van der Waals surface area contributed by atoms with Gasteiger partial charge in [-0.05, 0) is 75.9 Å². The molecular weight excluding hydrogens is 535 g/mol. The van der Waals surface area contributed by atoms with Crippen molar-refractivity contribution in [3.8, 4) is 0 Å². The van der Waals surface area contributed by atoms with E-state index in [0.29, 0.717) is 38.7 Å². The van der Waals surface area contributed by atoms with E-state index in [0.717, 1.165) is 17.4 Å². The minimum Gasteiger partial charge on any atom is -0.352 e. The molecule has 9 heteroatoms. The van der Waals surface area contributed by atoms with Crippen LogP contribution in [0.1, 0.15) is 21.5 Å². The largest absolute Gasteiger partial charge is 0.352 e. The van der Waals surface area contributed by atoms with Crippen LogP contribution < -0.4 is 9.62 Å². The first-order valence-corrected chi connectivity index (χ1v) is 13.1. The minimum atomic E-state index is -3.54. The van der Waals surface area contributed by atoms with Crippen molar-refractivity contribution in [3.63, 3.8) is 0 Å². The van der Waals surface area contributed by atoms with Crippen LogP contribution in [0, 0.1) is 0 Å². The first-order chi connectivity index (χ1) is 15.1. The third kappa shape index (κ3) is 6.72. The molecule has 0 heterocycles. The number of benzene rings is 3. The average Bonchev–Trinajstić information content (AvgIpc) is 2.75. The monoisotopic (exact) mass is 554 g/mol. The van der Waals surface area contributed by atoms with E-state index < -0.39 is 10.0 Å². The first kappa shape index (κ1) is 24.6. The molecule has 0 unspecified atom stereocenters. The summed E-state index contributed by atoms with van der Waals surface area (Å²) in [4.78, 5) is 12.4. The molecule has 0 fully saturated rings. The maximum Gasteiger partial charge on any atom is 0.251 e. The van der Waals surface area contributed by atoms with Crippen LogP contribution in [-0.4, -0.2) is 27.1 Å². The Morgan fingerprint density at radius 1 is 0.969 bits per heavy atom. The quantitative estimate of drug-likeness (QED) is 0.388. The molecule has 0 aliphatic rings. The summed E-state index contributed by atoms with van der Waals surface area (Å²) in [5.41, 5.74) is 2.79. The predicted octanol–water partition coefficient (Wildman–Crippen LogP) is 5.69. The number of rotatable bonds is 8. The van der Waals surface area contributed by atoms with Gasteiger partial charge in [-0.25, -0.2) is 8.42 Å². The van der Waals surface area contributed by atoms with Gasteiger partial charge >= 0.3 is 0 Å². The van der Waals surface area contributed by atoms with E-state index in [2.05, 4.69) is 21.2 Å². The highest BCUT2D eigenvalue weighted by Gasteiger charge is 2.19. The summed E-state index contributed by atoms with van der Waals surface area (Å²) in [5, 5.41) is 3.98. The Balaban J connectivity index is 1.64. The van der Waals surface area contributed by atoms with Crippen molar-refractivity contribution in [2.24, 2.45) is 0 Å². The summed E-state index contributed by atoms with van der Waals surface area (Å²) < 4.78 is 26.7. The van der Waals surface area contributed by atoms with Crippen LogP contribution in [0.25, 0.3) is 0 Å². The van der Waals surface area contributed by atoms with Gasteiger partial charge in [-0.2, -0.15) is 0 Å². The summed E-state index contributed by atoms with van der Waals surface area (Å²) in [6, 6.07) is 19.3. The van der Waals surface area contributed by atoms with E-state index in [-0.39, 0.29) is 12.5 Å². The summed E-state index contributed by atoms with van der Waals surface area (Å²) >= 11 is 15.3. The number of hydrogen-bond acceptors (Lipinski definition) is 3. The number of carbonyl (C=O) groups excluding carboxylic acids is 1. The molecule has 0 radical (unpaired) electrons. The highest BCUT2D eigenvalue weighted by atomic mass is 79.9. The molecule has 0 saturated carbocycles. The lowest BCUT2D eigenvalue weighted by Crippen LogP contribution is -2.29. The van der Waals surface area contributed by atoms with Crippen LogP contribution in [0.2, 0.25) is 10.0 Å². The third-order valence-electron chi connectivity index (χ3n) is 4.75. The SMILES string of the molecule is CS(=O)(=O)N(Cc1ccc(C(=O)NCCc2ccc(Cl)cc2)cc1)c1ccc(Br)c(Cl)c1.